The summed E-state index contributed by atoms with van der Waals surface area (Å²) < 4.78 is 19.1. The fourth-order valence-electron chi connectivity index (χ4n) is 4.27. The Labute approximate surface area is 174 Å². The lowest BCUT2D eigenvalue weighted by Gasteiger charge is -2.32. The highest BCUT2D eigenvalue weighted by atomic mass is 19.1. The summed E-state index contributed by atoms with van der Waals surface area (Å²) in [7, 11) is 1.75. The van der Waals surface area contributed by atoms with Gasteiger partial charge >= 0.3 is 0 Å². The van der Waals surface area contributed by atoms with E-state index in [-0.39, 0.29) is 17.2 Å². The van der Waals surface area contributed by atoms with Crippen molar-refractivity contribution in [1.29, 1.82) is 0 Å². The first kappa shape index (κ1) is 20.3. The smallest absolute Gasteiger partial charge is 0.282 e. The summed E-state index contributed by atoms with van der Waals surface area (Å²) in [5.41, 5.74) is 1.92. The van der Waals surface area contributed by atoms with Crippen molar-refractivity contribution >= 4 is 17.9 Å². The normalized spacial score (nSPS) is 20.3. The van der Waals surface area contributed by atoms with Crippen molar-refractivity contribution in [3.8, 4) is 0 Å². The number of nitrogens with zero attached hydrogens (tertiary/aromatic N) is 4. The van der Waals surface area contributed by atoms with Crippen LogP contribution >= 0.6 is 0 Å². The lowest BCUT2D eigenvalue weighted by Crippen LogP contribution is -2.41. The van der Waals surface area contributed by atoms with E-state index in [1.165, 1.54) is 6.08 Å². The molecule has 1 saturated carbocycles. The van der Waals surface area contributed by atoms with E-state index in [1.54, 1.807) is 48.0 Å². The minimum Gasteiger partial charge on any atom is -0.339 e. The zero-order valence-corrected chi connectivity index (χ0v) is 17.2. The molecule has 30 heavy (non-hydrogen) atoms. The SMILES string of the molecule is Cc1nonc1CN(C)C(=O)C1CC12CCN(C(=O)/C(F)=C/c1ccccc1)CC2. The van der Waals surface area contributed by atoms with Gasteiger partial charge in [0.1, 0.15) is 11.4 Å². The van der Waals surface area contributed by atoms with Crippen molar-refractivity contribution in [1.82, 2.24) is 20.1 Å². The topological polar surface area (TPSA) is 79.5 Å². The Morgan fingerprint density at radius 3 is 2.60 bits per heavy atom. The summed E-state index contributed by atoms with van der Waals surface area (Å²) >= 11 is 0. The van der Waals surface area contributed by atoms with Crippen molar-refractivity contribution in [3.05, 3.63) is 53.1 Å². The van der Waals surface area contributed by atoms with Crippen molar-refractivity contribution in [2.75, 3.05) is 20.1 Å². The Morgan fingerprint density at radius 2 is 1.97 bits per heavy atom. The maximum absolute atomic E-state index is 14.4. The van der Waals surface area contributed by atoms with E-state index < -0.39 is 11.7 Å². The van der Waals surface area contributed by atoms with E-state index in [2.05, 4.69) is 10.3 Å². The number of hydrogen-bond donors (Lipinski definition) is 0. The zero-order valence-electron chi connectivity index (χ0n) is 17.2. The quantitative estimate of drug-likeness (QED) is 0.706. The van der Waals surface area contributed by atoms with Gasteiger partial charge in [-0.15, -0.1) is 0 Å². The number of likely N-dealkylation sites (tertiary alicyclic amines) is 1. The van der Waals surface area contributed by atoms with Crippen LogP contribution in [0, 0.1) is 18.3 Å². The van der Waals surface area contributed by atoms with Crippen LogP contribution in [0.4, 0.5) is 4.39 Å². The first-order valence-corrected chi connectivity index (χ1v) is 10.1. The van der Waals surface area contributed by atoms with Crippen LogP contribution in [0.15, 0.2) is 40.8 Å². The molecule has 1 aliphatic carbocycles. The maximum Gasteiger partial charge on any atom is 0.282 e. The molecule has 0 bridgehead atoms. The maximum atomic E-state index is 14.4. The molecule has 7 nitrogen and oxygen atoms in total. The number of rotatable bonds is 5. The number of amides is 2. The fourth-order valence-corrected chi connectivity index (χ4v) is 4.27. The van der Waals surface area contributed by atoms with Gasteiger partial charge in [-0.3, -0.25) is 9.59 Å². The van der Waals surface area contributed by atoms with E-state index in [1.807, 2.05) is 6.07 Å². The monoisotopic (exact) mass is 412 g/mol. The van der Waals surface area contributed by atoms with Gasteiger partial charge in [0.25, 0.3) is 5.91 Å². The molecule has 0 N–H and O–H groups in total. The molecule has 2 fully saturated rings. The van der Waals surface area contributed by atoms with E-state index in [0.717, 1.165) is 6.42 Å². The fraction of sp³-hybridized carbons (Fsp3) is 0.455. The molecular weight excluding hydrogens is 387 g/mol. The Bertz CT molecular complexity index is 964. The predicted octanol–water partition coefficient (Wildman–Crippen LogP) is 2.98. The molecule has 8 heteroatoms. The molecule has 1 aromatic heterocycles. The van der Waals surface area contributed by atoms with Crippen LogP contribution in [0.3, 0.4) is 0 Å². The van der Waals surface area contributed by atoms with Crippen LogP contribution < -0.4 is 0 Å². The third kappa shape index (κ3) is 3.99. The molecule has 1 unspecified atom stereocenters. The largest absolute Gasteiger partial charge is 0.339 e. The molecule has 1 spiro atoms. The molecule has 1 atom stereocenters. The number of carbonyl (C=O) groups excluding carboxylic acids is 2. The molecule has 1 aliphatic heterocycles. The van der Waals surface area contributed by atoms with Gasteiger partial charge in [-0.05, 0) is 43.2 Å². The second-order valence-corrected chi connectivity index (χ2v) is 8.30. The van der Waals surface area contributed by atoms with E-state index in [4.69, 9.17) is 4.63 Å². The van der Waals surface area contributed by atoms with Gasteiger partial charge in [-0.1, -0.05) is 40.6 Å². The molecule has 2 aliphatic rings. The van der Waals surface area contributed by atoms with Gasteiger partial charge in [0, 0.05) is 26.1 Å². The molecule has 158 valence electrons. The first-order valence-electron chi connectivity index (χ1n) is 10.1. The van der Waals surface area contributed by atoms with E-state index >= 15 is 0 Å². The van der Waals surface area contributed by atoms with Crippen LogP contribution in [-0.2, 0) is 16.1 Å². The summed E-state index contributed by atoms with van der Waals surface area (Å²) in [4.78, 5) is 28.5. The Hall–Kier alpha value is -3.03. The highest BCUT2D eigenvalue weighted by molar-refractivity contribution is 5.95. The molecule has 4 rings (SSSR count). The number of aryl methyl sites for hydroxylation is 1. The van der Waals surface area contributed by atoms with Gasteiger partial charge < -0.3 is 9.80 Å². The van der Waals surface area contributed by atoms with Gasteiger partial charge in [0.05, 0.1) is 6.54 Å². The van der Waals surface area contributed by atoms with Gasteiger partial charge in [-0.2, -0.15) is 0 Å². The van der Waals surface area contributed by atoms with Crippen molar-refractivity contribution in [2.45, 2.75) is 32.7 Å². The minimum atomic E-state index is -0.753. The number of carbonyl (C=O) groups is 2. The Kier molecular flexibility index (Phi) is 5.40. The molecule has 2 heterocycles. The van der Waals surface area contributed by atoms with Gasteiger partial charge in [0.15, 0.2) is 5.83 Å². The molecule has 2 amide bonds. The molecule has 1 saturated heterocycles. The average molecular weight is 412 g/mol. The number of halogens is 1. The third-order valence-electron chi connectivity index (χ3n) is 6.34. The number of benzene rings is 1. The van der Waals surface area contributed by atoms with Crippen molar-refractivity contribution in [2.24, 2.45) is 11.3 Å². The van der Waals surface area contributed by atoms with Crippen LogP contribution in [0.5, 0.6) is 0 Å². The van der Waals surface area contributed by atoms with E-state index in [0.29, 0.717) is 49.4 Å². The lowest BCUT2D eigenvalue weighted by atomic mass is 9.90. The third-order valence-corrected chi connectivity index (χ3v) is 6.34. The highest BCUT2D eigenvalue weighted by Gasteiger charge is 2.59. The average Bonchev–Trinajstić information content (AvgIpc) is 3.30. The molecule has 0 radical (unpaired) electrons. The summed E-state index contributed by atoms with van der Waals surface area (Å²) in [5.74, 6) is -1.31. The Balaban J connectivity index is 1.31. The number of hydrogen-bond acceptors (Lipinski definition) is 5. The Morgan fingerprint density at radius 1 is 1.27 bits per heavy atom. The van der Waals surface area contributed by atoms with Crippen LogP contribution in [0.25, 0.3) is 6.08 Å². The predicted molar refractivity (Wildman–Crippen MR) is 107 cm³/mol. The van der Waals surface area contributed by atoms with Crippen molar-refractivity contribution in [3.63, 3.8) is 0 Å². The molecule has 1 aromatic carbocycles. The summed E-state index contributed by atoms with van der Waals surface area (Å²) in [6.45, 7) is 3.09. The second-order valence-electron chi connectivity index (χ2n) is 8.30. The van der Waals surface area contributed by atoms with Crippen LogP contribution in [0.2, 0.25) is 0 Å². The lowest BCUT2D eigenvalue weighted by molar-refractivity contribution is -0.133. The second kappa shape index (κ2) is 8.01. The molecule has 2 aromatic rings. The highest BCUT2D eigenvalue weighted by Crippen LogP contribution is 2.60. The van der Waals surface area contributed by atoms with E-state index in [9.17, 15) is 14.0 Å². The van der Waals surface area contributed by atoms with Crippen molar-refractivity contribution < 1.29 is 18.6 Å². The van der Waals surface area contributed by atoms with Crippen LogP contribution in [-0.4, -0.2) is 52.1 Å². The molecular formula is C22H25FN4O3. The summed E-state index contributed by atoms with van der Waals surface area (Å²) in [6.07, 6.45) is 3.51. The summed E-state index contributed by atoms with van der Waals surface area (Å²) in [5, 5.41) is 7.57. The van der Waals surface area contributed by atoms with Gasteiger partial charge in [-0.25, -0.2) is 9.02 Å². The van der Waals surface area contributed by atoms with Gasteiger partial charge in [0.2, 0.25) is 5.91 Å². The number of piperidine rings is 1. The first-order chi connectivity index (χ1) is 14.4. The standard InChI is InChI=1S/C22H25FN4O3/c1-15-19(25-30-24-15)14-26(2)20(28)17-13-22(17)8-10-27(11-9-22)21(29)18(23)12-16-6-4-3-5-7-16/h3-7,12,17H,8-11,13-14H2,1-2H3/b18-12-. The minimum absolute atomic E-state index is 0.0513. The van der Waals surface area contributed by atoms with Crippen LogP contribution in [0.1, 0.15) is 36.2 Å². The number of aromatic nitrogens is 2. The summed E-state index contributed by atoms with van der Waals surface area (Å²) in [6, 6.07) is 8.96. The zero-order chi connectivity index (χ0) is 21.3.